The van der Waals surface area contributed by atoms with E-state index in [1.54, 1.807) is 7.11 Å². The fourth-order valence-electron chi connectivity index (χ4n) is 2.29. The molecule has 0 aliphatic carbocycles. The second-order valence-corrected chi connectivity index (χ2v) is 5.90. The van der Waals surface area contributed by atoms with Gasteiger partial charge in [-0.1, -0.05) is 12.1 Å². The molecular formula is C14H21NO2S. The van der Waals surface area contributed by atoms with Crippen LogP contribution in [0.2, 0.25) is 0 Å². The van der Waals surface area contributed by atoms with Crippen molar-refractivity contribution in [2.24, 2.45) is 0 Å². The number of rotatable bonds is 4. The summed E-state index contributed by atoms with van der Waals surface area (Å²) in [5, 5.41) is 10.4. The Kier molecular flexibility index (Phi) is 4.92. The number of nitrogens with zero attached hydrogens (tertiary/aromatic N) is 1. The van der Waals surface area contributed by atoms with E-state index in [2.05, 4.69) is 11.9 Å². The lowest BCUT2D eigenvalue weighted by atomic mass is 10.0. The largest absolute Gasteiger partial charge is 0.497 e. The Hall–Kier alpha value is -0.710. The lowest BCUT2D eigenvalue weighted by Gasteiger charge is -2.35. The summed E-state index contributed by atoms with van der Waals surface area (Å²) in [6, 6.07) is 8.20. The molecule has 1 aliphatic rings. The van der Waals surface area contributed by atoms with Gasteiger partial charge in [0.15, 0.2) is 0 Å². The molecule has 2 atom stereocenters. The van der Waals surface area contributed by atoms with Crippen molar-refractivity contribution < 1.29 is 9.84 Å². The second kappa shape index (κ2) is 6.45. The number of aliphatic hydroxyl groups excluding tert-OH is 1. The van der Waals surface area contributed by atoms with Crippen LogP contribution in [0.1, 0.15) is 5.56 Å². The Bertz CT molecular complexity index is 386. The first-order valence-corrected chi connectivity index (χ1v) is 7.45. The van der Waals surface area contributed by atoms with E-state index < -0.39 is 0 Å². The minimum atomic E-state index is -0.310. The van der Waals surface area contributed by atoms with Crippen LogP contribution in [0.5, 0.6) is 5.75 Å². The maximum atomic E-state index is 10.4. The van der Waals surface area contributed by atoms with Crippen LogP contribution in [0.4, 0.5) is 0 Å². The molecule has 18 heavy (non-hydrogen) atoms. The minimum absolute atomic E-state index is 0.259. The molecule has 1 fully saturated rings. The molecular weight excluding hydrogens is 246 g/mol. The molecule has 0 amide bonds. The van der Waals surface area contributed by atoms with Gasteiger partial charge in [0.2, 0.25) is 0 Å². The lowest BCUT2D eigenvalue weighted by molar-refractivity contribution is 0.0763. The van der Waals surface area contributed by atoms with Gasteiger partial charge in [0, 0.05) is 30.5 Å². The van der Waals surface area contributed by atoms with Gasteiger partial charge < -0.3 is 9.84 Å². The molecule has 4 heteroatoms. The topological polar surface area (TPSA) is 32.7 Å². The standard InChI is InChI=1S/C14H21NO2S/c1-15-6-7-18-10-13(15)14(16)9-11-4-3-5-12(8-11)17-2/h3-5,8,13-14,16H,6-7,9-10H2,1-2H3. The molecule has 2 rings (SSSR count). The number of hydrogen-bond acceptors (Lipinski definition) is 4. The molecule has 3 nitrogen and oxygen atoms in total. The van der Waals surface area contributed by atoms with Crippen molar-refractivity contribution in [1.29, 1.82) is 0 Å². The van der Waals surface area contributed by atoms with Crippen LogP contribution in [-0.2, 0) is 6.42 Å². The molecule has 0 spiro atoms. The summed E-state index contributed by atoms with van der Waals surface area (Å²) in [5.41, 5.74) is 1.13. The van der Waals surface area contributed by atoms with Gasteiger partial charge in [-0.3, -0.25) is 4.90 Å². The first-order valence-electron chi connectivity index (χ1n) is 6.29. The predicted molar refractivity (Wildman–Crippen MR) is 76.4 cm³/mol. The van der Waals surface area contributed by atoms with E-state index >= 15 is 0 Å². The van der Waals surface area contributed by atoms with Crippen LogP contribution in [0.25, 0.3) is 0 Å². The zero-order valence-electron chi connectivity index (χ0n) is 11.0. The number of likely N-dealkylation sites (N-methyl/N-ethyl adjacent to an activating group) is 1. The summed E-state index contributed by atoms with van der Waals surface area (Å²) in [6.07, 6.45) is 0.377. The molecule has 0 radical (unpaired) electrons. The molecule has 100 valence electrons. The molecule has 1 aromatic rings. The number of ether oxygens (including phenoxy) is 1. The zero-order chi connectivity index (χ0) is 13.0. The van der Waals surface area contributed by atoms with Gasteiger partial charge in [-0.25, -0.2) is 0 Å². The molecule has 1 aromatic carbocycles. The highest BCUT2D eigenvalue weighted by Crippen LogP contribution is 2.21. The molecule has 1 heterocycles. The highest BCUT2D eigenvalue weighted by molar-refractivity contribution is 7.99. The quantitative estimate of drug-likeness (QED) is 0.899. The Morgan fingerprint density at radius 1 is 1.56 bits per heavy atom. The smallest absolute Gasteiger partial charge is 0.119 e. The summed E-state index contributed by atoms with van der Waals surface area (Å²) in [5.74, 6) is 3.03. The maximum Gasteiger partial charge on any atom is 0.119 e. The molecule has 2 unspecified atom stereocenters. The van der Waals surface area contributed by atoms with Gasteiger partial charge in [0.25, 0.3) is 0 Å². The summed E-state index contributed by atoms with van der Waals surface area (Å²) in [4.78, 5) is 2.27. The second-order valence-electron chi connectivity index (χ2n) is 4.75. The van der Waals surface area contributed by atoms with Crippen molar-refractivity contribution in [2.75, 3.05) is 32.2 Å². The van der Waals surface area contributed by atoms with Crippen molar-refractivity contribution >= 4 is 11.8 Å². The third kappa shape index (κ3) is 3.40. The van der Waals surface area contributed by atoms with Gasteiger partial charge >= 0.3 is 0 Å². The third-order valence-corrected chi connectivity index (χ3v) is 4.51. The van der Waals surface area contributed by atoms with Crippen LogP contribution in [0.3, 0.4) is 0 Å². The van der Waals surface area contributed by atoms with Crippen LogP contribution in [-0.4, -0.2) is 54.4 Å². The van der Waals surface area contributed by atoms with Crippen LogP contribution in [0.15, 0.2) is 24.3 Å². The minimum Gasteiger partial charge on any atom is -0.497 e. The molecule has 0 aromatic heterocycles. The number of benzene rings is 1. The van der Waals surface area contributed by atoms with Gasteiger partial charge in [-0.2, -0.15) is 11.8 Å². The van der Waals surface area contributed by atoms with Crippen LogP contribution < -0.4 is 4.74 Å². The Balaban J connectivity index is 1.98. The van der Waals surface area contributed by atoms with E-state index in [0.29, 0.717) is 6.42 Å². The first kappa shape index (κ1) is 13.7. The summed E-state index contributed by atoms with van der Waals surface area (Å²) in [7, 11) is 3.76. The van der Waals surface area contributed by atoms with Crippen molar-refractivity contribution in [3.05, 3.63) is 29.8 Å². The third-order valence-electron chi connectivity index (χ3n) is 3.47. The Morgan fingerprint density at radius 2 is 2.39 bits per heavy atom. The Labute approximate surface area is 113 Å². The fourth-order valence-corrected chi connectivity index (χ4v) is 3.59. The summed E-state index contributed by atoms with van der Waals surface area (Å²) < 4.78 is 5.21. The first-order chi connectivity index (χ1) is 8.70. The molecule has 1 aliphatic heterocycles. The van der Waals surface area contributed by atoms with Crippen molar-refractivity contribution in [1.82, 2.24) is 4.90 Å². The van der Waals surface area contributed by atoms with E-state index in [1.165, 1.54) is 5.75 Å². The number of hydrogen-bond donors (Lipinski definition) is 1. The number of methoxy groups -OCH3 is 1. The number of thioether (sulfide) groups is 1. The average Bonchev–Trinajstić information content (AvgIpc) is 2.39. The highest BCUT2D eigenvalue weighted by atomic mass is 32.2. The lowest BCUT2D eigenvalue weighted by Crippen LogP contribution is -2.47. The zero-order valence-corrected chi connectivity index (χ0v) is 11.8. The summed E-state index contributed by atoms with van der Waals surface area (Å²) in [6.45, 7) is 1.06. The maximum absolute atomic E-state index is 10.4. The van der Waals surface area contributed by atoms with E-state index in [-0.39, 0.29) is 12.1 Å². The molecule has 1 N–H and O–H groups in total. The fraction of sp³-hybridized carbons (Fsp3) is 0.571. The van der Waals surface area contributed by atoms with E-state index in [1.807, 2.05) is 36.0 Å². The van der Waals surface area contributed by atoms with Crippen LogP contribution in [0, 0.1) is 0 Å². The van der Waals surface area contributed by atoms with Gasteiger partial charge in [0.05, 0.1) is 13.2 Å². The van der Waals surface area contributed by atoms with E-state index in [9.17, 15) is 5.11 Å². The predicted octanol–water partition coefficient (Wildman–Crippen LogP) is 1.65. The average molecular weight is 267 g/mol. The Morgan fingerprint density at radius 3 is 3.11 bits per heavy atom. The van der Waals surface area contributed by atoms with E-state index in [4.69, 9.17) is 4.74 Å². The number of aliphatic hydroxyl groups is 1. The SMILES string of the molecule is COc1cccc(CC(O)C2CSCCN2C)c1. The summed E-state index contributed by atoms with van der Waals surface area (Å²) >= 11 is 1.93. The molecule has 0 bridgehead atoms. The van der Waals surface area contributed by atoms with Crippen molar-refractivity contribution in [3.8, 4) is 5.75 Å². The van der Waals surface area contributed by atoms with Gasteiger partial charge in [-0.15, -0.1) is 0 Å². The van der Waals surface area contributed by atoms with Gasteiger partial charge in [0.1, 0.15) is 5.75 Å². The highest BCUT2D eigenvalue weighted by Gasteiger charge is 2.26. The van der Waals surface area contributed by atoms with Crippen LogP contribution >= 0.6 is 11.8 Å². The van der Waals surface area contributed by atoms with E-state index in [0.717, 1.165) is 23.6 Å². The molecule has 1 saturated heterocycles. The molecule has 0 saturated carbocycles. The van der Waals surface area contributed by atoms with Crippen molar-refractivity contribution in [3.63, 3.8) is 0 Å². The monoisotopic (exact) mass is 267 g/mol. The van der Waals surface area contributed by atoms with Crippen molar-refractivity contribution in [2.45, 2.75) is 18.6 Å². The van der Waals surface area contributed by atoms with Gasteiger partial charge in [-0.05, 0) is 24.7 Å². The normalized spacial score (nSPS) is 22.7.